The Morgan fingerprint density at radius 1 is 1.50 bits per heavy atom. The zero-order valence-corrected chi connectivity index (χ0v) is 12.5. The molecule has 0 saturated carbocycles. The molecule has 92 valence electrons. The monoisotopic (exact) mass is 258 g/mol. The highest BCUT2D eigenvalue weighted by molar-refractivity contribution is 8.05. The third-order valence-corrected chi connectivity index (χ3v) is 4.78. The van der Waals surface area contributed by atoms with Crippen LogP contribution in [0.1, 0.15) is 53.4 Å². The second kappa shape index (κ2) is 5.64. The average molecular weight is 259 g/mol. The van der Waals surface area contributed by atoms with Crippen LogP contribution in [0.2, 0.25) is 0 Å². The molecular formula is C14H23ClS. The van der Waals surface area contributed by atoms with Gasteiger partial charge in [0.05, 0.1) is 4.36 Å². The molecule has 1 unspecified atom stereocenters. The molecule has 0 aromatic heterocycles. The maximum atomic E-state index is 6.28. The summed E-state index contributed by atoms with van der Waals surface area (Å²) in [7, 11) is 0. The predicted molar refractivity (Wildman–Crippen MR) is 77.0 cm³/mol. The second-order valence-corrected chi connectivity index (χ2v) is 7.68. The van der Waals surface area contributed by atoms with E-state index in [4.69, 9.17) is 11.6 Å². The molecule has 0 aromatic carbocycles. The van der Waals surface area contributed by atoms with Crippen LogP contribution >= 0.6 is 23.4 Å². The predicted octanol–water partition coefficient (Wildman–Crippen LogP) is 5.73. The number of thioether (sulfide) groups is 1. The molecular weight excluding hydrogens is 236 g/mol. The molecule has 0 nitrogen and oxygen atoms in total. The zero-order chi connectivity index (χ0) is 12.3. The Balaban J connectivity index is 2.52. The Morgan fingerprint density at radius 3 is 2.56 bits per heavy atom. The van der Waals surface area contributed by atoms with Crippen LogP contribution < -0.4 is 0 Å². The Kier molecular flexibility index (Phi) is 5.00. The van der Waals surface area contributed by atoms with E-state index in [1.807, 2.05) is 11.8 Å². The molecule has 0 N–H and O–H groups in total. The Labute approximate surface area is 110 Å². The summed E-state index contributed by atoms with van der Waals surface area (Å²) in [4.78, 5) is 0. The van der Waals surface area contributed by atoms with E-state index in [1.165, 1.54) is 24.0 Å². The Bertz CT molecular complexity index is 296. The summed E-state index contributed by atoms with van der Waals surface area (Å²) in [5.41, 5.74) is 2.96. The van der Waals surface area contributed by atoms with Gasteiger partial charge in [-0.2, -0.15) is 0 Å². The summed E-state index contributed by atoms with van der Waals surface area (Å²) >= 11 is 8.10. The molecule has 0 saturated heterocycles. The zero-order valence-electron chi connectivity index (χ0n) is 10.9. The molecule has 1 aliphatic rings. The molecule has 2 heteroatoms. The van der Waals surface area contributed by atoms with Crippen LogP contribution in [0.3, 0.4) is 0 Å². The normalized spacial score (nSPS) is 21.7. The van der Waals surface area contributed by atoms with Crippen molar-refractivity contribution in [2.45, 2.75) is 58.6 Å². The molecule has 0 amide bonds. The van der Waals surface area contributed by atoms with Crippen molar-refractivity contribution < 1.29 is 0 Å². The van der Waals surface area contributed by atoms with Crippen molar-refractivity contribution in [3.63, 3.8) is 0 Å². The first-order chi connectivity index (χ1) is 7.33. The molecule has 1 rings (SSSR count). The van der Waals surface area contributed by atoms with Crippen LogP contribution in [0.15, 0.2) is 22.1 Å². The highest BCUT2D eigenvalue weighted by atomic mass is 35.5. The lowest BCUT2D eigenvalue weighted by Gasteiger charge is -2.19. The van der Waals surface area contributed by atoms with Crippen molar-refractivity contribution in [3.05, 3.63) is 22.1 Å². The van der Waals surface area contributed by atoms with Crippen molar-refractivity contribution in [2.24, 2.45) is 5.41 Å². The first-order valence-electron chi connectivity index (χ1n) is 6.07. The molecule has 0 bridgehead atoms. The SMILES string of the molecule is C=C(CCC(C)(C)C)C1=C(Cl)SC(CC)C1. The van der Waals surface area contributed by atoms with Crippen LogP contribution in [0, 0.1) is 5.41 Å². The Morgan fingerprint density at radius 2 is 2.12 bits per heavy atom. The molecule has 1 atom stereocenters. The minimum Gasteiger partial charge on any atom is -0.110 e. The van der Waals surface area contributed by atoms with Gasteiger partial charge in [-0.3, -0.25) is 0 Å². The van der Waals surface area contributed by atoms with Gasteiger partial charge in [-0.1, -0.05) is 45.9 Å². The van der Waals surface area contributed by atoms with Gasteiger partial charge in [0, 0.05) is 5.25 Å². The standard InChI is InChI=1S/C14H23ClS/c1-6-11-9-12(13(15)16-11)10(2)7-8-14(3,4)5/h11H,2,6-9H2,1,3-5H3. The van der Waals surface area contributed by atoms with Crippen LogP contribution in [0.25, 0.3) is 0 Å². The van der Waals surface area contributed by atoms with E-state index in [2.05, 4.69) is 34.3 Å². The van der Waals surface area contributed by atoms with Crippen LogP contribution in [-0.2, 0) is 0 Å². The van der Waals surface area contributed by atoms with Crippen molar-refractivity contribution in [2.75, 3.05) is 0 Å². The maximum absolute atomic E-state index is 6.28. The fourth-order valence-electron chi connectivity index (χ4n) is 1.75. The van der Waals surface area contributed by atoms with Crippen molar-refractivity contribution in [1.29, 1.82) is 0 Å². The topological polar surface area (TPSA) is 0 Å². The number of halogens is 1. The lowest BCUT2D eigenvalue weighted by Crippen LogP contribution is -2.05. The molecule has 0 radical (unpaired) electrons. The van der Waals surface area contributed by atoms with Gasteiger partial charge in [0.1, 0.15) is 0 Å². The summed E-state index contributed by atoms with van der Waals surface area (Å²) in [6, 6.07) is 0. The van der Waals surface area contributed by atoms with Gasteiger partial charge in [0.25, 0.3) is 0 Å². The minimum atomic E-state index is 0.381. The lowest BCUT2D eigenvalue weighted by atomic mass is 9.87. The van der Waals surface area contributed by atoms with E-state index in [0.717, 1.165) is 17.2 Å². The number of hydrogen-bond acceptors (Lipinski definition) is 1. The molecule has 16 heavy (non-hydrogen) atoms. The van der Waals surface area contributed by atoms with Gasteiger partial charge in [-0.25, -0.2) is 0 Å². The van der Waals surface area contributed by atoms with Gasteiger partial charge >= 0.3 is 0 Å². The Hall–Kier alpha value is 0.120. The smallest absolute Gasteiger partial charge is 0.0772 e. The van der Waals surface area contributed by atoms with Crippen LogP contribution in [0.4, 0.5) is 0 Å². The molecule has 0 aromatic rings. The van der Waals surface area contributed by atoms with Crippen molar-refractivity contribution in [3.8, 4) is 0 Å². The van der Waals surface area contributed by atoms with Crippen molar-refractivity contribution in [1.82, 2.24) is 0 Å². The summed E-state index contributed by atoms with van der Waals surface area (Å²) in [5, 5.41) is 0.675. The average Bonchev–Trinajstić information content (AvgIpc) is 2.55. The number of hydrogen-bond donors (Lipinski definition) is 0. The summed E-state index contributed by atoms with van der Waals surface area (Å²) in [5.74, 6) is 0. The largest absolute Gasteiger partial charge is 0.110 e. The fourth-order valence-corrected chi connectivity index (χ4v) is 3.42. The van der Waals surface area contributed by atoms with E-state index in [1.54, 1.807) is 0 Å². The maximum Gasteiger partial charge on any atom is 0.0772 e. The van der Waals surface area contributed by atoms with Gasteiger partial charge < -0.3 is 0 Å². The molecule has 1 aliphatic heterocycles. The van der Waals surface area contributed by atoms with Gasteiger partial charge in [-0.05, 0) is 42.2 Å². The van der Waals surface area contributed by atoms with Crippen LogP contribution in [-0.4, -0.2) is 5.25 Å². The first-order valence-corrected chi connectivity index (χ1v) is 7.32. The lowest BCUT2D eigenvalue weighted by molar-refractivity contribution is 0.378. The van der Waals surface area contributed by atoms with Crippen molar-refractivity contribution >= 4 is 23.4 Å². The first kappa shape index (κ1) is 14.2. The van der Waals surface area contributed by atoms with Gasteiger partial charge in [0.2, 0.25) is 0 Å². The van der Waals surface area contributed by atoms with E-state index < -0.39 is 0 Å². The highest BCUT2D eigenvalue weighted by Gasteiger charge is 2.24. The van der Waals surface area contributed by atoms with E-state index in [0.29, 0.717) is 10.7 Å². The van der Waals surface area contributed by atoms with E-state index in [-0.39, 0.29) is 0 Å². The van der Waals surface area contributed by atoms with E-state index in [9.17, 15) is 0 Å². The highest BCUT2D eigenvalue weighted by Crippen LogP contribution is 2.45. The fraction of sp³-hybridized carbons (Fsp3) is 0.714. The summed E-state index contributed by atoms with van der Waals surface area (Å²) in [6.07, 6.45) is 4.56. The molecule has 1 heterocycles. The molecule has 0 spiro atoms. The minimum absolute atomic E-state index is 0.381. The third-order valence-electron chi connectivity index (χ3n) is 3.00. The van der Waals surface area contributed by atoms with Crippen LogP contribution in [0.5, 0.6) is 0 Å². The number of allylic oxidation sites excluding steroid dienone is 2. The van der Waals surface area contributed by atoms with E-state index >= 15 is 0 Å². The third kappa shape index (κ3) is 4.18. The summed E-state index contributed by atoms with van der Waals surface area (Å²) in [6.45, 7) is 13.2. The molecule has 0 fully saturated rings. The number of rotatable bonds is 4. The van der Waals surface area contributed by atoms with Gasteiger partial charge in [0.15, 0.2) is 0 Å². The molecule has 0 aliphatic carbocycles. The second-order valence-electron chi connectivity index (χ2n) is 5.77. The summed E-state index contributed by atoms with van der Waals surface area (Å²) < 4.78 is 0.991. The van der Waals surface area contributed by atoms with Gasteiger partial charge in [-0.15, -0.1) is 11.8 Å². The quantitative estimate of drug-likeness (QED) is 0.620.